The predicted molar refractivity (Wildman–Crippen MR) is 96.8 cm³/mol. The molecule has 1 saturated heterocycles. The van der Waals surface area contributed by atoms with E-state index in [9.17, 15) is 0 Å². The summed E-state index contributed by atoms with van der Waals surface area (Å²) >= 11 is 0. The van der Waals surface area contributed by atoms with Crippen LogP contribution in [0.1, 0.15) is 12.2 Å². The van der Waals surface area contributed by atoms with Crippen molar-refractivity contribution in [3.63, 3.8) is 0 Å². The maximum Gasteiger partial charge on any atom is 0.125 e. The number of nitrogens with one attached hydrogen (secondary N) is 1. The van der Waals surface area contributed by atoms with Crippen molar-refractivity contribution in [2.24, 2.45) is 13.0 Å². The molecule has 5 heteroatoms. The van der Waals surface area contributed by atoms with E-state index in [1.807, 2.05) is 30.5 Å². The van der Waals surface area contributed by atoms with E-state index in [1.54, 1.807) is 0 Å². The fraction of sp³-hybridized carbons (Fsp3) is 0.368. The van der Waals surface area contributed by atoms with Gasteiger partial charge in [0.2, 0.25) is 0 Å². The van der Waals surface area contributed by atoms with Gasteiger partial charge in [-0.2, -0.15) is 0 Å². The number of likely N-dealkylation sites (tertiary alicyclic amines) is 1. The summed E-state index contributed by atoms with van der Waals surface area (Å²) in [5.41, 5.74) is 2.29. The second-order valence-corrected chi connectivity index (χ2v) is 6.56. The van der Waals surface area contributed by atoms with Gasteiger partial charge >= 0.3 is 0 Å². The molecule has 4 rings (SSSR count). The number of rotatable bonds is 5. The Morgan fingerprint density at radius 1 is 1.17 bits per heavy atom. The number of nitrogens with zero attached hydrogens (tertiary/aromatic N) is 4. The van der Waals surface area contributed by atoms with E-state index in [4.69, 9.17) is 4.98 Å². The second-order valence-electron chi connectivity index (χ2n) is 6.56. The molecule has 5 nitrogen and oxygen atoms in total. The van der Waals surface area contributed by atoms with Gasteiger partial charge in [-0.25, -0.2) is 9.97 Å². The van der Waals surface area contributed by atoms with Crippen molar-refractivity contribution in [1.82, 2.24) is 19.4 Å². The number of aromatic nitrogens is 3. The van der Waals surface area contributed by atoms with E-state index in [0.29, 0.717) is 5.92 Å². The summed E-state index contributed by atoms with van der Waals surface area (Å²) in [4.78, 5) is 11.6. The summed E-state index contributed by atoms with van der Waals surface area (Å²) < 4.78 is 2.22. The van der Waals surface area contributed by atoms with Crippen LogP contribution in [-0.2, 0) is 13.6 Å². The number of fused-ring (bicyclic) bond motifs is 1. The third-order valence-corrected chi connectivity index (χ3v) is 4.85. The lowest BCUT2D eigenvalue weighted by Crippen LogP contribution is -2.24. The Morgan fingerprint density at radius 2 is 2.04 bits per heavy atom. The van der Waals surface area contributed by atoms with E-state index in [0.717, 1.165) is 43.3 Å². The number of hydrogen-bond donors (Lipinski definition) is 1. The van der Waals surface area contributed by atoms with Gasteiger partial charge in [0, 0.05) is 26.3 Å². The molecule has 0 aliphatic carbocycles. The highest BCUT2D eigenvalue weighted by molar-refractivity contribution is 5.75. The topological polar surface area (TPSA) is 46.0 Å². The van der Waals surface area contributed by atoms with E-state index in [-0.39, 0.29) is 0 Å². The van der Waals surface area contributed by atoms with Gasteiger partial charge in [0.05, 0.1) is 17.6 Å². The van der Waals surface area contributed by atoms with Crippen molar-refractivity contribution in [3.8, 4) is 0 Å². The molecule has 0 amide bonds. The number of aryl methyl sites for hydroxylation is 1. The van der Waals surface area contributed by atoms with Crippen molar-refractivity contribution in [2.75, 3.05) is 25.0 Å². The Bertz CT molecular complexity index is 811. The molecule has 3 aromatic rings. The monoisotopic (exact) mass is 321 g/mol. The zero-order valence-corrected chi connectivity index (χ0v) is 14.0. The third kappa shape index (κ3) is 3.12. The number of pyridine rings is 1. The highest BCUT2D eigenvalue weighted by Gasteiger charge is 2.23. The average Bonchev–Trinajstić information content (AvgIpc) is 3.20. The molecule has 124 valence electrons. The van der Waals surface area contributed by atoms with E-state index in [1.165, 1.54) is 11.9 Å². The predicted octanol–water partition coefficient (Wildman–Crippen LogP) is 2.90. The van der Waals surface area contributed by atoms with Gasteiger partial charge in [0.1, 0.15) is 11.6 Å². The molecule has 1 aliphatic heterocycles. The molecule has 0 saturated carbocycles. The first-order valence-corrected chi connectivity index (χ1v) is 8.57. The van der Waals surface area contributed by atoms with E-state index >= 15 is 0 Å². The van der Waals surface area contributed by atoms with Crippen LogP contribution in [0.25, 0.3) is 11.0 Å². The lowest BCUT2D eigenvalue weighted by atomic mass is 10.1. The molecule has 0 radical (unpaired) electrons. The fourth-order valence-electron chi connectivity index (χ4n) is 3.48. The molecule has 1 fully saturated rings. The molecule has 0 spiro atoms. The number of anilines is 1. The third-order valence-electron chi connectivity index (χ3n) is 4.85. The maximum atomic E-state index is 4.79. The van der Waals surface area contributed by atoms with Crippen LogP contribution in [0.5, 0.6) is 0 Å². The molecule has 1 N–H and O–H groups in total. The molecule has 0 unspecified atom stereocenters. The number of para-hydroxylation sites is 2. The van der Waals surface area contributed by atoms with Crippen molar-refractivity contribution >= 4 is 16.9 Å². The summed E-state index contributed by atoms with van der Waals surface area (Å²) in [5, 5.41) is 3.45. The normalized spacial score (nSPS) is 18.3. The number of benzene rings is 1. The van der Waals surface area contributed by atoms with Gasteiger partial charge in [-0.1, -0.05) is 18.2 Å². The molecule has 1 atom stereocenters. The van der Waals surface area contributed by atoms with Crippen LogP contribution in [0, 0.1) is 5.92 Å². The molecule has 1 aliphatic rings. The van der Waals surface area contributed by atoms with Gasteiger partial charge < -0.3 is 9.88 Å². The van der Waals surface area contributed by atoms with Crippen molar-refractivity contribution in [3.05, 3.63) is 54.5 Å². The molecular formula is C19H23N5. The fourth-order valence-corrected chi connectivity index (χ4v) is 3.48. The Kier molecular flexibility index (Phi) is 4.17. The van der Waals surface area contributed by atoms with Gasteiger partial charge in [0.15, 0.2) is 0 Å². The van der Waals surface area contributed by atoms with Gasteiger partial charge in [-0.3, -0.25) is 4.90 Å². The minimum Gasteiger partial charge on any atom is -0.370 e. The van der Waals surface area contributed by atoms with Crippen LogP contribution >= 0.6 is 0 Å². The van der Waals surface area contributed by atoms with E-state index in [2.05, 4.69) is 45.0 Å². The first-order chi connectivity index (χ1) is 11.8. The summed E-state index contributed by atoms with van der Waals surface area (Å²) in [5.74, 6) is 2.78. The average molecular weight is 321 g/mol. The zero-order valence-electron chi connectivity index (χ0n) is 14.0. The number of hydrogen-bond acceptors (Lipinski definition) is 4. The lowest BCUT2D eigenvalue weighted by molar-refractivity contribution is 0.308. The van der Waals surface area contributed by atoms with Gasteiger partial charge in [-0.15, -0.1) is 0 Å². The second kappa shape index (κ2) is 6.61. The van der Waals surface area contributed by atoms with Gasteiger partial charge in [0.25, 0.3) is 0 Å². The molecule has 0 bridgehead atoms. The summed E-state index contributed by atoms with van der Waals surface area (Å²) in [6.07, 6.45) is 3.05. The Hall–Kier alpha value is -2.40. The Balaban J connectivity index is 1.35. The van der Waals surface area contributed by atoms with Crippen molar-refractivity contribution in [1.29, 1.82) is 0 Å². The van der Waals surface area contributed by atoms with Crippen LogP contribution in [-0.4, -0.2) is 39.1 Å². The summed E-state index contributed by atoms with van der Waals surface area (Å²) in [6.45, 7) is 4.15. The standard InChI is InChI=1S/C19H23N5/c1-23-17-7-3-2-6-16(17)22-19(23)14-24-11-9-15(13-24)12-21-18-8-4-5-10-20-18/h2-8,10,15H,9,11-14H2,1H3,(H,20,21)/t15-/m0/s1. The van der Waals surface area contributed by atoms with Crippen molar-refractivity contribution < 1.29 is 0 Å². The molecular weight excluding hydrogens is 298 g/mol. The minimum absolute atomic E-state index is 0.668. The highest BCUT2D eigenvalue weighted by atomic mass is 15.2. The van der Waals surface area contributed by atoms with Gasteiger partial charge in [-0.05, 0) is 43.1 Å². The molecule has 3 heterocycles. The van der Waals surface area contributed by atoms with Crippen LogP contribution < -0.4 is 5.32 Å². The Morgan fingerprint density at radius 3 is 2.88 bits per heavy atom. The molecule has 24 heavy (non-hydrogen) atoms. The summed E-state index contributed by atoms with van der Waals surface area (Å²) in [7, 11) is 2.11. The Labute approximate surface area is 142 Å². The largest absolute Gasteiger partial charge is 0.370 e. The first-order valence-electron chi connectivity index (χ1n) is 8.57. The SMILES string of the molecule is Cn1c(CN2CC[C@@H](CNc3ccccn3)C2)nc2ccccc21. The van der Waals surface area contributed by atoms with Crippen LogP contribution in [0.15, 0.2) is 48.7 Å². The van der Waals surface area contributed by atoms with E-state index < -0.39 is 0 Å². The molecule has 2 aromatic heterocycles. The minimum atomic E-state index is 0.668. The van der Waals surface area contributed by atoms with Crippen LogP contribution in [0.3, 0.4) is 0 Å². The van der Waals surface area contributed by atoms with Crippen LogP contribution in [0.2, 0.25) is 0 Å². The summed E-state index contributed by atoms with van der Waals surface area (Å²) in [6, 6.07) is 14.3. The maximum absolute atomic E-state index is 4.79. The van der Waals surface area contributed by atoms with Crippen molar-refractivity contribution in [2.45, 2.75) is 13.0 Å². The zero-order chi connectivity index (χ0) is 16.4. The molecule has 1 aromatic carbocycles. The highest BCUT2D eigenvalue weighted by Crippen LogP contribution is 2.21. The quantitative estimate of drug-likeness (QED) is 0.785. The smallest absolute Gasteiger partial charge is 0.125 e. The van der Waals surface area contributed by atoms with Crippen LogP contribution in [0.4, 0.5) is 5.82 Å². The first kappa shape index (κ1) is 15.1. The number of imidazole rings is 1. The lowest BCUT2D eigenvalue weighted by Gasteiger charge is -2.16.